The molecule has 1 fully saturated rings. The highest BCUT2D eigenvalue weighted by Crippen LogP contribution is 2.17. The molecule has 3 heteroatoms. The summed E-state index contributed by atoms with van der Waals surface area (Å²) in [7, 11) is 0. The monoisotopic (exact) mass is 136 g/mol. The maximum atomic E-state index is 11.0. The standard InChI is InChI=1S/C7H8N2O/c10-7-5-1-3-8-6(5)2-4-9-7/h1,3,6H,2,4H2,(H,9,10). The van der Waals surface area contributed by atoms with Gasteiger partial charge in [0, 0.05) is 18.3 Å². The Hall–Kier alpha value is -1.12. The first-order valence-electron chi connectivity index (χ1n) is 3.39. The van der Waals surface area contributed by atoms with E-state index < -0.39 is 0 Å². The van der Waals surface area contributed by atoms with Gasteiger partial charge >= 0.3 is 0 Å². The van der Waals surface area contributed by atoms with Gasteiger partial charge in [-0.3, -0.25) is 9.79 Å². The number of nitrogens with zero attached hydrogens (tertiary/aromatic N) is 1. The highest BCUT2D eigenvalue weighted by Gasteiger charge is 2.25. The average molecular weight is 136 g/mol. The van der Waals surface area contributed by atoms with Crippen molar-refractivity contribution in [3.63, 3.8) is 0 Å². The first-order valence-corrected chi connectivity index (χ1v) is 3.39. The zero-order valence-corrected chi connectivity index (χ0v) is 5.50. The Morgan fingerprint density at radius 3 is 3.40 bits per heavy atom. The van der Waals surface area contributed by atoms with Gasteiger partial charge in [-0.2, -0.15) is 0 Å². The highest BCUT2D eigenvalue weighted by atomic mass is 16.1. The molecule has 2 aliphatic heterocycles. The molecule has 1 unspecified atom stereocenters. The summed E-state index contributed by atoms with van der Waals surface area (Å²) in [5, 5.41) is 2.77. The molecule has 2 heterocycles. The molecule has 0 aromatic heterocycles. The second-order valence-electron chi connectivity index (χ2n) is 2.48. The fraction of sp³-hybridized carbons (Fsp3) is 0.429. The van der Waals surface area contributed by atoms with Crippen molar-refractivity contribution in [1.29, 1.82) is 0 Å². The first-order chi connectivity index (χ1) is 4.88. The van der Waals surface area contributed by atoms with Crippen LogP contribution in [0.1, 0.15) is 6.42 Å². The van der Waals surface area contributed by atoms with E-state index in [4.69, 9.17) is 0 Å². The summed E-state index contributed by atoms with van der Waals surface area (Å²) in [6.07, 6.45) is 4.46. The maximum absolute atomic E-state index is 11.0. The van der Waals surface area contributed by atoms with Crippen LogP contribution in [0, 0.1) is 0 Å². The van der Waals surface area contributed by atoms with Gasteiger partial charge in [0.25, 0.3) is 0 Å². The van der Waals surface area contributed by atoms with Crippen LogP contribution >= 0.6 is 0 Å². The summed E-state index contributed by atoms with van der Waals surface area (Å²) >= 11 is 0. The fourth-order valence-electron chi connectivity index (χ4n) is 1.30. The highest BCUT2D eigenvalue weighted by molar-refractivity contribution is 6.01. The minimum Gasteiger partial charge on any atom is -0.352 e. The molecule has 1 atom stereocenters. The Morgan fingerprint density at radius 2 is 2.60 bits per heavy atom. The van der Waals surface area contributed by atoms with Crippen LogP contribution in [-0.4, -0.2) is 24.7 Å². The van der Waals surface area contributed by atoms with E-state index in [9.17, 15) is 4.79 Å². The van der Waals surface area contributed by atoms with Crippen molar-refractivity contribution in [3.8, 4) is 0 Å². The lowest BCUT2D eigenvalue weighted by atomic mass is 10.0. The van der Waals surface area contributed by atoms with Crippen LogP contribution in [0.4, 0.5) is 0 Å². The van der Waals surface area contributed by atoms with Crippen LogP contribution in [0.5, 0.6) is 0 Å². The number of piperidine rings is 1. The molecule has 52 valence electrons. The second kappa shape index (κ2) is 1.94. The SMILES string of the molecule is O=C1NCCC2N=CC=C12. The van der Waals surface area contributed by atoms with E-state index in [1.54, 1.807) is 12.3 Å². The molecular formula is C7H8N2O. The minimum absolute atomic E-state index is 0.0498. The van der Waals surface area contributed by atoms with Crippen molar-refractivity contribution in [1.82, 2.24) is 5.32 Å². The summed E-state index contributed by atoms with van der Waals surface area (Å²) in [5.74, 6) is 0.0498. The van der Waals surface area contributed by atoms with Crippen molar-refractivity contribution in [2.75, 3.05) is 6.54 Å². The number of rotatable bonds is 0. The molecule has 3 nitrogen and oxygen atoms in total. The Bertz CT molecular complexity index is 230. The van der Waals surface area contributed by atoms with Gasteiger partial charge in [0.15, 0.2) is 0 Å². The predicted octanol–water partition coefficient (Wildman–Crippen LogP) is -0.114. The molecular weight excluding hydrogens is 128 g/mol. The zero-order valence-electron chi connectivity index (χ0n) is 5.50. The van der Waals surface area contributed by atoms with Gasteiger partial charge < -0.3 is 5.32 Å². The topological polar surface area (TPSA) is 41.5 Å². The van der Waals surface area contributed by atoms with Crippen LogP contribution in [0.25, 0.3) is 0 Å². The van der Waals surface area contributed by atoms with E-state index in [0.717, 1.165) is 18.5 Å². The summed E-state index contributed by atoms with van der Waals surface area (Å²) in [5.41, 5.74) is 0.825. The zero-order chi connectivity index (χ0) is 6.97. The summed E-state index contributed by atoms with van der Waals surface area (Å²) in [6, 6.07) is 0.161. The van der Waals surface area contributed by atoms with Crippen molar-refractivity contribution < 1.29 is 4.79 Å². The molecule has 0 saturated carbocycles. The third-order valence-electron chi connectivity index (χ3n) is 1.84. The van der Waals surface area contributed by atoms with E-state index in [1.165, 1.54) is 0 Å². The quantitative estimate of drug-likeness (QED) is 0.496. The van der Waals surface area contributed by atoms with Crippen molar-refractivity contribution in [3.05, 3.63) is 11.6 Å². The van der Waals surface area contributed by atoms with E-state index in [1.807, 2.05) is 0 Å². The number of carbonyl (C=O) groups excluding carboxylic acids is 1. The van der Waals surface area contributed by atoms with Gasteiger partial charge in [0.05, 0.1) is 6.04 Å². The van der Waals surface area contributed by atoms with Crippen LogP contribution in [-0.2, 0) is 4.79 Å². The van der Waals surface area contributed by atoms with Gasteiger partial charge in [-0.25, -0.2) is 0 Å². The van der Waals surface area contributed by atoms with Crippen LogP contribution in [0.3, 0.4) is 0 Å². The number of aliphatic imine (C=N–C) groups is 1. The van der Waals surface area contributed by atoms with E-state index in [0.29, 0.717) is 0 Å². The molecule has 0 aromatic rings. The van der Waals surface area contributed by atoms with Crippen LogP contribution in [0.2, 0.25) is 0 Å². The predicted molar refractivity (Wildman–Crippen MR) is 38.0 cm³/mol. The first kappa shape index (κ1) is 5.65. The van der Waals surface area contributed by atoms with Crippen molar-refractivity contribution >= 4 is 12.1 Å². The van der Waals surface area contributed by atoms with Gasteiger partial charge in [-0.05, 0) is 12.5 Å². The smallest absolute Gasteiger partial charge is 0.249 e. The van der Waals surface area contributed by atoms with Gasteiger partial charge in [-0.15, -0.1) is 0 Å². The lowest BCUT2D eigenvalue weighted by Crippen LogP contribution is -2.36. The van der Waals surface area contributed by atoms with Crippen molar-refractivity contribution in [2.45, 2.75) is 12.5 Å². The van der Waals surface area contributed by atoms with Gasteiger partial charge in [0.2, 0.25) is 5.91 Å². The molecule has 10 heavy (non-hydrogen) atoms. The van der Waals surface area contributed by atoms with Crippen molar-refractivity contribution in [2.24, 2.45) is 4.99 Å². The largest absolute Gasteiger partial charge is 0.352 e. The van der Waals surface area contributed by atoms with Crippen LogP contribution in [0.15, 0.2) is 16.6 Å². The Labute approximate surface area is 58.8 Å². The minimum atomic E-state index is 0.0498. The third-order valence-corrected chi connectivity index (χ3v) is 1.84. The number of amides is 1. The molecule has 0 aromatic carbocycles. The lowest BCUT2D eigenvalue weighted by Gasteiger charge is -2.18. The fourth-order valence-corrected chi connectivity index (χ4v) is 1.30. The normalized spacial score (nSPS) is 29.4. The summed E-state index contributed by atoms with van der Waals surface area (Å²) in [4.78, 5) is 15.1. The van der Waals surface area contributed by atoms with E-state index in [-0.39, 0.29) is 11.9 Å². The Morgan fingerprint density at radius 1 is 1.70 bits per heavy atom. The molecule has 2 rings (SSSR count). The number of carbonyl (C=O) groups is 1. The number of nitrogens with one attached hydrogen (secondary N) is 1. The average Bonchev–Trinajstić information content (AvgIpc) is 2.36. The molecule has 0 spiro atoms. The second-order valence-corrected chi connectivity index (χ2v) is 2.48. The maximum Gasteiger partial charge on any atom is 0.249 e. The molecule has 2 aliphatic rings. The van der Waals surface area contributed by atoms with Crippen LogP contribution < -0.4 is 5.32 Å². The Balaban J connectivity index is 2.28. The number of fused-ring (bicyclic) bond motifs is 1. The summed E-state index contributed by atoms with van der Waals surface area (Å²) < 4.78 is 0. The number of allylic oxidation sites excluding steroid dienone is 1. The molecule has 1 saturated heterocycles. The summed E-state index contributed by atoms with van der Waals surface area (Å²) in [6.45, 7) is 0.762. The van der Waals surface area contributed by atoms with Gasteiger partial charge in [-0.1, -0.05) is 0 Å². The molecule has 1 N–H and O–H groups in total. The molecule has 1 amide bonds. The number of hydrogen-bond donors (Lipinski definition) is 1. The van der Waals surface area contributed by atoms with E-state index in [2.05, 4.69) is 10.3 Å². The third kappa shape index (κ3) is 0.667. The lowest BCUT2D eigenvalue weighted by molar-refractivity contribution is -0.118. The molecule has 0 aliphatic carbocycles. The number of hydrogen-bond acceptors (Lipinski definition) is 2. The van der Waals surface area contributed by atoms with E-state index >= 15 is 0 Å². The van der Waals surface area contributed by atoms with Gasteiger partial charge in [0.1, 0.15) is 0 Å². The Kier molecular flexibility index (Phi) is 1.09. The molecule has 0 radical (unpaired) electrons. The molecule has 0 bridgehead atoms.